The maximum Gasteiger partial charge on any atom is 0.196 e. The van der Waals surface area contributed by atoms with E-state index in [9.17, 15) is 4.79 Å². The van der Waals surface area contributed by atoms with Crippen molar-refractivity contribution in [1.82, 2.24) is 9.47 Å². The largest absolute Gasteiger partial charge is 0.379 e. The molecule has 0 saturated carbocycles. The number of aromatic nitrogens is 1. The first-order chi connectivity index (χ1) is 13.1. The molecule has 3 aromatic rings. The molecule has 27 heavy (non-hydrogen) atoms. The van der Waals surface area contributed by atoms with Gasteiger partial charge in [0, 0.05) is 47.8 Å². The zero-order valence-corrected chi connectivity index (χ0v) is 17.3. The number of carbonyl (C=O) groups excluding carboxylic acids is 1. The van der Waals surface area contributed by atoms with Crippen LogP contribution in [0, 0.1) is 6.92 Å². The summed E-state index contributed by atoms with van der Waals surface area (Å²) in [6.07, 6.45) is 0. The van der Waals surface area contributed by atoms with Crippen molar-refractivity contribution >= 4 is 50.5 Å². The van der Waals surface area contributed by atoms with Crippen molar-refractivity contribution in [3.05, 3.63) is 56.5 Å². The van der Waals surface area contributed by atoms with E-state index in [2.05, 4.69) is 9.47 Å². The SMILES string of the molecule is Cc1c(C(=O)c2ccc(Cl)cc2Cl)c2ccsc2n1CCN1CCOCC1. The minimum atomic E-state index is -0.0531. The molecule has 1 aliphatic rings. The summed E-state index contributed by atoms with van der Waals surface area (Å²) in [6.45, 7) is 7.31. The van der Waals surface area contributed by atoms with Crippen LogP contribution in [0.3, 0.4) is 0 Å². The minimum Gasteiger partial charge on any atom is -0.379 e. The lowest BCUT2D eigenvalue weighted by Crippen LogP contribution is -2.38. The molecule has 1 aliphatic heterocycles. The molecule has 1 aromatic carbocycles. The van der Waals surface area contributed by atoms with Gasteiger partial charge in [0.25, 0.3) is 0 Å². The molecule has 3 heterocycles. The molecule has 4 rings (SSSR count). The molecule has 0 bridgehead atoms. The minimum absolute atomic E-state index is 0.0531. The summed E-state index contributed by atoms with van der Waals surface area (Å²) < 4.78 is 7.68. The molecule has 0 N–H and O–H groups in total. The number of thiophene rings is 1. The second-order valence-corrected chi connectivity index (χ2v) is 8.40. The first kappa shape index (κ1) is 19.0. The summed E-state index contributed by atoms with van der Waals surface area (Å²) in [5.41, 5.74) is 2.21. The van der Waals surface area contributed by atoms with Crippen LogP contribution in [0.5, 0.6) is 0 Å². The molecule has 7 heteroatoms. The predicted molar refractivity (Wildman–Crippen MR) is 112 cm³/mol. The van der Waals surface area contributed by atoms with Crippen LogP contribution >= 0.6 is 34.5 Å². The molecule has 0 amide bonds. The fourth-order valence-electron chi connectivity index (χ4n) is 3.61. The maximum absolute atomic E-state index is 13.3. The van der Waals surface area contributed by atoms with Crippen molar-refractivity contribution in [3.8, 4) is 0 Å². The molecule has 1 saturated heterocycles. The van der Waals surface area contributed by atoms with Crippen molar-refractivity contribution in [2.45, 2.75) is 13.5 Å². The van der Waals surface area contributed by atoms with Gasteiger partial charge in [0.2, 0.25) is 0 Å². The molecule has 1 fully saturated rings. The quantitative estimate of drug-likeness (QED) is 0.549. The number of carbonyl (C=O) groups is 1. The summed E-state index contributed by atoms with van der Waals surface area (Å²) in [5, 5.41) is 3.94. The lowest BCUT2D eigenvalue weighted by Gasteiger charge is -2.26. The predicted octanol–water partition coefficient (Wildman–Crippen LogP) is 4.88. The van der Waals surface area contributed by atoms with Crippen molar-refractivity contribution in [2.24, 2.45) is 0 Å². The second-order valence-electron chi connectivity index (χ2n) is 6.66. The number of ketones is 1. The third-order valence-corrected chi connectivity index (χ3v) is 6.56. The van der Waals surface area contributed by atoms with Crippen LogP contribution in [0.15, 0.2) is 29.6 Å². The van der Waals surface area contributed by atoms with Gasteiger partial charge in [-0.3, -0.25) is 9.69 Å². The Morgan fingerprint density at radius 2 is 1.96 bits per heavy atom. The summed E-state index contributed by atoms with van der Waals surface area (Å²) >= 11 is 13.9. The number of morpholine rings is 1. The maximum atomic E-state index is 13.3. The molecule has 0 unspecified atom stereocenters. The monoisotopic (exact) mass is 422 g/mol. The second kappa shape index (κ2) is 7.94. The molecule has 142 valence electrons. The van der Waals surface area contributed by atoms with E-state index in [1.165, 1.54) is 0 Å². The molecule has 0 spiro atoms. The number of fused-ring (bicyclic) bond motifs is 1. The van der Waals surface area contributed by atoms with Gasteiger partial charge < -0.3 is 9.30 Å². The number of ether oxygens (including phenoxy) is 1. The topological polar surface area (TPSA) is 34.5 Å². The highest BCUT2D eigenvalue weighted by atomic mass is 35.5. The molecule has 0 aliphatic carbocycles. The summed E-state index contributed by atoms with van der Waals surface area (Å²) in [7, 11) is 0. The fraction of sp³-hybridized carbons (Fsp3) is 0.350. The first-order valence-corrected chi connectivity index (χ1v) is 10.6. The van der Waals surface area contributed by atoms with E-state index in [4.69, 9.17) is 27.9 Å². The Kier molecular flexibility index (Phi) is 5.58. The highest BCUT2D eigenvalue weighted by Crippen LogP contribution is 2.33. The summed E-state index contributed by atoms with van der Waals surface area (Å²) in [6, 6.07) is 7.05. The Morgan fingerprint density at radius 1 is 1.19 bits per heavy atom. The summed E-state index contributed by atoms with van der Waals surface area (Å²) in [4.78, 5) is 16.8. The third-order valence-electron chi connectivity index (χ3n) is 5.07. The van der Waals surface area contributed by atoms with Crippen molar-refractivity contribution in [1.29, 1.82) is 0 Å². The van der Waals surface area contributed by atoms with Gasteiger partial charge in [-0.1, -0.05) is 23.2 Å². The van der Waals surface area contributed by atoms with E-state index < -0.39 is 0 Å². The van der Waals surface area contributed by atoms with E-state index in [-0.39, 0.29) is 5.78 Å². The molecular formula is C20H20Cl2N2O2S. The van der Waals surface area contributed by atoms with E-state index in [1.807, 2.05) is 18.4 Å². The number of benzene rings is 1. The third kappa shape index (κ3) is 3.67. The van der Waals surface area contributed by atoms with Gasteiger partial charge in [0.1, 0.15) is 4.83 Å². The lowest BCUT2D eigenvalue weighted by atomic mass is 10.0. The molecule has 2 aromatic heterocycles. The summed E-state index contributed by atoms with van der Waals surface area (Å²) in [5.74, 6) is -0.0531. The number of halogens is 2. The van der Waals surface area contributed by atoms with Gasteiger partial charge in [0.05, 0.1) is 23.8 Å². The Labute approximate surface area is 172 Å². The van der Waals surface area contributed by atoms with Crippen molar-refractivity contribution in [3.63, 3.8) is 0 Å². The standard InChI is InChI=1S/C20H20Cl2N2O2S/c1-13-18(19(25)15-3-2-14(21)12-17(15)22)16-4-11-27-20(16)24(13)6-5-23-7-9-26-10-8-23/h2-4,11-12H,5-10H2,1H3. The number of rotatable bonds is 5. The van der Waals surface area contributed by atoms with Gasteiger partial charge in [-0.25, -0.2) is 0 Å². The smallest absolute Gasteiger partial charge is 0.196 e. The van der Waals surface area contributed by atoms with Gasteiger partial charge in [-0.2, -0.15) is 0 Å². The molecule has 0 radical (unpaired) electrons. The molecule has 0 atom stereocenters. The van der Waals surface area contributed by atoms with Crippen LogP contribution in [-0.2, 0) is 11.3 Å². The van der Waals surface area contributed by atoms with E-state index in [0.717, 1.165) is 60.9 Å². The Morgan fingerprint density at radius 3 is 2.70 bits per heavy atom. The van der Waals surface area contributed by atoms with Crippen LogP contribution in [0.1, 0.15) is 21.6 Å². The highest BCUT2D eigenvalue weighted by molar-refractivity contribution is 7.16. The van der Waals surface area contributed by atoms with Gasteiger partial charge in [-0.05, 0) is 36.6 Å². The van der Waals surface area contributed by atoms with Crippen LogP contribution in [0.2, 0.25) is 10.0 Å². The molecular weight excluding hydrogens is 403 g/mol. The van der Waals surface area contributed by atoms with Crippen LogP contribution in [0.25, 0.3) is 10.2 Å². The fourth-order valence-corrected chi connectivity index (χ4v) is 5.09. The van der Waals surface area contributed by atoms with Gasteiger partial charge in [0.15, 0.2) is 5.78 Å². The Balaban J connectivity index is 1.68. The first-order valence-electron chi connectivity index (χ1n) is 8.92. The van der Waals surface area contributed by atoms with E-state index in [1.54, 1.807) is 29.5 Å². The van der Waals surface area contributed by atoms with Gasteiger partial charge >= 0.3 is 0 Å². The Hall–Kier alpha value is -1.37. The Bertz CT molecular complexity index is 989. The normalized spacial score (nSPS) is 15.5. The lowest BCUT2D eigenvalue weighted by molar-refractivity contribution is 0.0365. The van der Waals surface area contributed by atoms with Crippen molar-refractivity contribution in [2.75, 3.05) is 32.8 Å². The zero-order valence-electron chi connectivity index (χ0n) is 15.0. The zero-order chi connectivity index (χ0) is 19.0. The van der Waals surface area contributed by atoms with Crippen LogP contribution in [0.4, 0.5) is 0 Å². The number of nitrogens with zero attached hydrogens (tertiary/aromatic N) is 2. The van der Waals surface area contributed by atoms with Gasteiger partial charge in [-0.15, -0.1) is 11.3 Å². The van der Waals surface area contributed by atoms with Crippen LogP contribution in [-0.4, -0.2) is 48.1 Å². The molecule has 4 nitrogen and oxygen atoms in total. The average molecular weight is 423 g/mol. The van der Waals surface area contributed by atoms with Crippen molar-refractivity contribution < 1.29 is 9.53 Å². The number of hydrogen-bond acceptors (Lipinski definition) is 4. The van der Waals surface area contributed by atoms with E-state index >= 15 is 0 Å². The van der Waals surface area contributed by atoms with Crippen LogP contribution < -0.4 is 0 Å². The number of hydrogen-bond donors (Lipinski definition) is 0. The van der Waals surface area contributed by atoms with E-state index in [0.29, 0.717) is 15.6 Å². The average Bonchev–Trinajstić information content (AvgIpc) is 3.21. The highest BCUT2D eigenvalue weighted by Gasteiger charge is 2.24.